The van der Waals surface area contributed by atoms with Crippen molar-refractivity contribution in [1.82, 2.24) is 4.98 Å². The Bertz CT molecular complexity index is 659. The average Bonchev–Trinajstić information content (AvgIpc) is 2.70. The van der Waals surface area contributed by atoms with Gasteiger partial charge in [-0.3, -0.25) is 0 Å². The van der Waals surface area contributed by atoms with E-state index in [0.29, 0.717) is 29.1 Å². The zero-order valence-electron chi connectivity index (χ0n) is 10.4. The molecule has 0 fully saturated rings. The van der Waals surface area contributed by atoms with Crippen molar-refractivity contribution in [1.29, 1.82) is 0 Å². The first kappa shape index (κ1) is 12.9. The first-order valence-corrected chi connectivity index (χ1v) is 7.42. The quantitative estimate of drug-likeness (QED) is 0.859. The Morgan fingerprint density at radius 2 is 2.11 bits per heavy atom. The fourth-order valence-electron chi connectivity index (χ4n) is 1.53. The molecule has 98 valence electrons. The van der Waals surface area contributed by atoms with Crippen LogP contribution in [0.1, 0.15) is 20.3 Å². The molecule has 0 radical (unpaired) electrons. The van der Waals surface area contributed by atoms with Crippen molar-refractivity contribution in [3.05, 3.63) is 18.2 Å². The van der Waals surface area contributed by atoms with Gasteiger partial charge in [0.05, 0.1) is 5.75 Å². The van der Waals surface area contributed by atoms with E-state index in [1.165, 1.54) is 0 Å². The van der Waals surface area contributed by atoms with Crippen LogP contribution in [0.5, 0.6) is 0 Å². The molecule has 0 unspecified atom stereocenters. The number of benzene rings is 1. The van der Waals surface area contributed by atoms with E-state index in [2.05, 4.69) is 4.98 Å². The summed E-state index contributed by atoms with van der Waals surface area (Å²) in [7, 11) is -3.45. The van der Waals surface area contributed by atoms with Crippen LogP contribution in [0.25, 0.3) is 11.1 Å². The second kappa shape index (κ2) is 4.61. The Kier molecular flexibility index (Phi) is 3.30. The largest absolute Gasteiger partial charge is 0.428 e. The zero-order valence-corrected chi connectivity index (χ0v) is 11.2. The van der Waals surface area contributed by atoms with Crippen LogP contribution in [0.4, 0.5) is 5.69 Å². The summed E-state index contributed by atoms with van der Waals surface area (Å²) >= 11 is 0. The van der Waals surface area contributed by atoms with E-state index in [-0.39, 0.29) is 11.0 Å². The van der Waals surface area contributed by atoms with Crippen molar-refractivity contribution in [3.63, 3.8) is 0 Å². The van der Waals surface area contributed by atoms with Crippen molar-refractivity contribution in [2.45, 2.75) is 25.5 Å². The van der Waals surface area contributed by atoms with Gasteiger partial charge in [0, 0.05) is 5.69 Å². The number of rotatable bonds is 4. The Morgan fingerprint density at radius 1 is 1.39 bits per heavy atom. The minimum Gasteiger partial charge on any atom is -0.428 e. The highest BCUT2D eigenvalue weighted by Crippen LogP contribution is 2.22. The number of fused-ring (bicyclic) bond motifs is 1. The highest BCUT2D eigenvalue weighted by molar-refractivity contribution is 7.91. The van der Waals surface area contributed by atoms with Gasteiger partial charge in [-0.15, -0.1) is 0 Å². The molecular weight excluding hydrogens is 252 g/mol. The highest BCUT2D eigenvalue weighted by atomic mass is 32.2. The molecule has 6 heteroatoms. The van der Waals surface area contributed by atoms with Gasteiger partial charge in [-0.25, -0.2) is 8.42 Å². The fourth-order valence-corrected chi connectivity index (χ4v) is 2.95. The van der Waals surface area contributed by atoms with Gasteiger partial charge < -0.3 is 10.2 Å². The normalized spacial score (nSPS) is 12.4. The highest BCUT2D eigenvalue weighted by Gasteiger charge is 2.22. The maximum absolute atomic E-state index is 12.0. The molecule has 1 heterocycles. The number of nitrogens with two attached hydrogens (primary N) is 1. The molecule has 0 bridgehead atoms. The first-order valence-electron chi connectivity index (χ1n) is 5.77. The maximum Gasteiger partial charge on any atom is 0.316 e. The minimum absolute atomic E-state index is 0.0486. The topological polar surface area (TPSA) is 86.2 Å². The van der Waals surface area contributed by atoms with Crippen LogP contribution in [0.2, 0.25) is 0 Å². The predicted octanol–water partition coefficient (Wildman–Crippen LogP) is 2.23. The predicted molar refractivity (Wildman–Crippen MR) is 69.9 cm³/mol. The molecule has 2 aromatic rings. The third-order valence-electron chi connectivity index (χ3n) is 2.62. The Morgan fingerprint density at radius 3 is 2.78 bits per heavy atom. The van der Waals surface area contributed by atoms with Gasteiger partial charge in [0.25, 0.3) is 0 Å². The fraction of sp³-hybridized carbons (Fsp3) is 0.417. The van der Waals surface area contributed by atoms with E-state index < -0.39 is 9.84 Å². The van der Waals surface area contributed by atoms with Crippen LogP contribution in [0.3, 0.4) is 0 Å². The molecule has 0 saturated heterocycles. The standard InChI is InChI=1S/C12H16N2O3S/c1-8(2)5-6-18(15,16)12-14-10-7-9(13)3-4-11(10)17-12/h3-4,7-8H,5-6,13H2,1-2H3. The molecule has 18 heavy (non-hydrogen) atoms. The summed E-state index contributed by atoms with van der Waals surface area (Å²) in [5, 5.41) is -0.219. The van der Waals surface area contributed by atoms with Crippen molar-refractivity contribution in [2.75, 3.05) is 11.5 Å². The molecule has 0 saturated carbocycles. The second-order valence-electron chi connectivity index (χ2n) is 4.71. The Balaban J connectivity index is 2.36. The first-order chi connectivity index (χ1) is 8.38. The van der Waals surface area contributed by atoms with Crippen LogP contribution >= 0.6 is 0 Å². The third-order valence-corrected chi connectivity index (χ3v) is 4.10. The van der Waals surface area contributed by atoms with Gasteiger partial charge in [-0.1, -0.05) is 13.8 Å². The summed E-state index contributed by atoms with van der Waals surface area (Å²) in [6.07, 6.45) is 0.587. The lowest BCUT2D eigenvalue weighted by Crippen LogP contribution is -2.09. The molecule has 2 rings (SSSR count). The Hall–Kier alpha value is -1.56. The molecule has 0 aliphatic carbocycles. The summed E-state index contributed by atoms with van der Waals surface area (Å²) in [5.74, 6) is 0.368. The third kappa shape index (κ3) is 2.64. The van der Waals surface area contributed by atoms with Crippen LogP contribution < -0.4 is 5.73 Å². The van der Waals surface area contributed by atoms with Gasteiger partial charge in [-0.05, 0) is 30.5 Å². The molecule has 5 nitrogen and oxygen atoms in total. The van der Waals surface area contributed by atoms with Crippen LogP contribution in [0, 0.1) is 5.92 Å². The molecule has 0 amide bonds. The minimum atomic E-state index is -3.45. The van der Waals surface area contributed by atoms with Crippen molar-refractivity contribution in [3.8, 4) is 0 Å². The number of hydrogen-bond donors (Lipinski definition) is 1. The lowest BCUT2D eigenvalue weighted by atomic mass is 10.2. The summed E-state index contributed by atoms with van der Waals surface area (Å²) in [5.41, 5.74) is 7.05. The number of sulfone groups is 1. The van der Waals surface area contributed by atoms with Crippen LogP contribution in [-0.4, -0.2) is 19.2 Å². The number of aromatic nitrogens is 1. The number of oxazole rings is 1. The second-order valence-corrected chi connectivity index (χ2v) is 6.70. The maximum atomic E-state index is 12.0. The molecule has 0 aliphatic rings. The SMILES string of the molecule is CC(C)CCS(=O)(=O)c1nc2cc(N)ccc2o1. The van der Waals surface area contributed by atoms with E-state index >= 15 is 0 Å². The molecule has 1 aromatic carbocycles. The van der Waals surface area contributed by atoms with E-state index in [4.69, 9.17) is 10.2 Å². The van der Waals surface area contributed by atoms with Gasteiger partial charge >= 0.3 is 5.22 Å². The number of nitrogen functional groups attached to an aromatic ring is 1. The number of anilines is 1. The van der Waals surface area contributed by atoms with Crippen molar-refractivity contribution < 1.29 is 12.8 Å². The summed E-state index contributed by atoms with van der Waals surface area (Å²) < 4.78 is 29.3. The van der Waals surface area contributed by atoms with Gasteiger partial charge in [0.2, 0.25) is 9.84 Å². The zero-order chi connectivity index (χ0) is 13.3. The lowest BCUT2D eigenvalue weighted by Gasteiger charge is -2.02. The molecule has 0 aliphatic heterocycles. The summed E-state index contributed by atoms with van der Waals surface area (Å²) in [6.45, 7) is 3.95. The van der Waals surface area contributed by atoms with Crippen LogP contribution in [-0.2, 0) is 9.84 Å². The summed E-state index contributed by atoms with van der Waals surface area (Å²) in [6, 6.07) is 4.87. The monoisotopic (exact) mass is 268 g/mol. The number of nitrogens with zero attached hydrogens (tertiary/aromatic N) is 1. The van der Waals surface area contributed by atoms with Gasteiger partial charge in [-0.2, -0.15) is 4.98 Å². The van der Waals surface area contributed by atoms with Crippen molar-refractivity contribution >= 4 is 26.6 Å². The Labute approximate surface area is 106 Å². The number of hydrogen-bond acceptors (Lipinski definition) is 5. The molecule has 1 aromatic heterocycles. The molecule has 0 atom stereocenters. The molecular formula is C12H16N2O3S. The molecule has 2 N–H and O–H groups in total. The van der Waals surface area contributed by atoms with Crippen LogP contribution in [0.15, 0.2) is 27.8 Å². The van der Waals surface area contributed by atoms with E-state index in [9.17, 15) is 8.42 Å². The average molecular weight is 268 g/mol. The van der Waals surface area contributed by atoms with Gasteiger partial charge in [0.15, 0.2) is 5.58 Å². The molecule has 0 spiro atoms. The van der Waals surface area contributed by atoms with E-state index in [0.717, 1.165) is 0 Å². The van der Waals surface area contributed by atoms with Gasteiger partial charge in [0.1, 0.15) is 5.52 Å². The lowest BCUT2D eigenvalue weighted by molar-refractivity contribution is 0.455. The van der Waals surface area contributed by atoms with Crippen molar-refractivity contribution in [2.24, 2.45) is 5.92 Å². The summed E-state index contributed by atoms with van der Waals surface area (Å²) in [4.78, 5) is 3.99. The smallest absolute Gasteiger partial charge is 0.316 e. The van der Waals surface area contributed by atoms with E-state index in [1.54, 1.807) is 18.2 Å². The van der Waals surface area contributed by atoms with E-state index in [1.807, 2.05) is 13.8 Å².